The molecule has 0 aliphatic rings. The van der Waals surface area contributed by atoms with Gasteiger partial charge in [-0.2, -0.15) is 0 Å². The van der Waals surface area contributed by atoms with Crippen molar-refractivity contribution in [3.8, 4) is 0 Å². The Morgan fingerprint density at radius 2 is 2.00 bits per heavy atom. The third-order valence-corrected chi connectivity index (χ3v) is 3.89. The van der Waals surface area contributed by atoms with E-state index >= 15 is 0 Å². The van der Waals surface area contributed by atoms with Gasteiger partial charge in [0.1, 0.15) is 6.29 Å². The zero-order valence-electron chi connectivity index (χ0n) is 7.55. The molecule has 1 nitrogen and oxygen atoms in total. The molecule has 0 aromatic rings. The SMILES string of the molecule is C=CC/C(=C/C=O)[Si](C)(C)C. The van der Waals surface area contributed by atoms with Gasteiger partial charge in [-0.3, -0.25) is 4.79 Å². The topological polar surface area (TPSA) is 17.1 Å². The Hall–Kier alpha value is -0.633. The van der Waals surface area contributed by atoms with E-state index < -0.39 is 8.07 Å². The Morgan fingerprint density at radius 1 is 1.45 bits per heavy atom. The number of carbonyl (C=O) groups is 1. The molecule has 0 saturated heterocycles. The molecular formula is C9H16OSi. The van der Waals surface area contributed by atoms with Crippen LogP contribution in [0.15, 0.2) is 23.9 Å². The van der Waals surface area contributed by atoms with Crippen molar-refractivity contribution in [2.45, 2.75) is 26.1 Å². The van der Waals surface area contributed by atoms with Gasteiger partial charge in [0.15, 0.2) is 0 Å². The summed E-state index contributed by atoms with van der Waals surface area (Å²) in [6.07, 6.45) is 5.27. The lowest BCUT2D eigenvalue weighted by Crippen LogP contribution is -2.23. The van der Waals surface area contributed by atoms with Gasteiger partial charge < -0.3 is 0 Å². The summed E-state index contributed by atoms with van der Waals surface area (Å²) in [6, 6.07) is 0. The van der Waals surface area contributed by atoms with E-state index in [-0.39, 0.29) is 0 Å². The lowest BCUT2D eigenvalue weighted by atomic mass is 10.4. The molecule has 0 bridgehead atoms. The molecule has 0 N–H and O–H groups in total. The molecule has 0 aromatic heterocycles. The van der Waals surface area contributed by atoms with Gasteiger partial charge in [0.05, 0.1) is 8.07 Å². The first-order valence-corrected chi connectivity index (χ1v) is 7.28. The third-order valence-electron chi connectivity index (χ3n) is 1.60. The van der Waals surface area contributed by atoms with Crippen molar-refractivity contribution >= 4 is 14.4 Å². The van der Waals surface area contributed by atoms with Gasteiger partial charge in [-0.15, -0.1) is 6.58 Å². The van der Waals surface area contributed by atoms with E-state index in [4.69, 9.17) is 0 Å². The molecule has 0 aliphatic heterocycles. The predicted octanol–water partition coefficient (Wildman–Crippen LogP) is 2.57. The molecule has 0 spiro atoms. The molecule has 0 aliphatic carbocycles. The van der Waals surface area contributed by atoms with Crippen LogP contribution in [0.25, 0.3) is 0 Å². The molecule has 0 amide bonds. The van der Waals surface area contributed by atoms with Gasteiger partial charge in [-0.05, 0) is 12.5 Å². The van der Waals surface area contributed by atoms with Gasteiger partial charge in [0.2, 0.25) is 0 Å². The van der Waals surface area contributed by atoms with Gasteiger partial charge in [-0.25, -0.2) is 0 Å². The van der Waals surface area contributed by atoms with E-state index in [0.717, 1.165) is 12.7 Å². The van der Waals surface area contributed by atoms with Crippen molar-refractivity contribution in [2.75, 3.05) is 0 Å². The Morgan fingerprint density at radius 3 is 2.27 bits per heavy atom. The van der Waals surface area contributed by atoms with Crippen LogP contribution in [0.3, 0.4) is 0 Å². The molecule has 0 heterocycles. The fourth-order valence-corrected chi connectivity index (χ4v) is 2.19. The number of aldehydes is 1. The molecule has 0 unspecified atom stereocenters. The van der Waals surface area contributed by atoms with Crippen molar-refractivity contribution < 1.29 is 4.79 Å². The molecule has 2 heteroatoms. The summed E-state index contributed by atoms with van der Waals surface area (Å²) in [4.78, 5) is 10.2. The van der Waals surface area contributed by atoms with Crippen LogP contribution < -0.4 is 0 Å². The molecule has 0 saturated carbocycles. The monoisotopic (exact) mass is 168 g/mol. The lowest BCUT2D eigenvalue weighted by molar-refractivity contribution is -0.104. The minimum Gasteiger partial charge on any atom is -0.299 e. The maximum Gasteiger partial charge on any atom is 0.142 e. The first-order valence-electron chi connectivity index (χ1n) is 3.78. The minimum absolute atomic E-state index is 0.856. The average molecular weight is 168 g/mol. The highest BCUT2D eigenvalue weighted by atomic mass is 28.3. The van der Waals surface area contributed by atoms with Gasteiger partial charge >= 0.3 is 0 Å². The van der Waals surface area contributed by atoms with Crippen LogP contribution in [0.4, 0.5) is 0 Å². The maximum atomic E-state index is 10.2. The van der Waals surface area contributed by atoms with Crippen molar-refractivity contribution in [1.82, 2.24) is 0 Å². The smallest absolute Gasteiger partial charge is 0.142 e. The zero-order chi connectivity index (χ0) is 8.91. The lowest BCUT2D eigenvalue weighted by Gasteiger charge is -2.18. The molecule has 0 radical (unpaired) electrons. The summed E-state index contributed by atoms with van der Waals surface area (Å²) >= 11 is 0. The average Bonchev–Trinajstić information content (AvgIpc) is 1.85. The van der Waals surface area contributed by atoms with Crippen LogP contribution in [-0.4, -0.2) is 14.4 Å². The van der Waals surface area contributed by atoms with Gasteiger partial charge in [0.25, 0.3) is 0 Å². The molecule has 0 aromatic carbocycles. The van der Waals surface area contributed by atoms with Crippen LogP contribution in [0.2, 0.25) is 19.6 Å². The number of carbonyl (C=O) groups excluding carboxylic acids is 1. The number of rotatable bonds is 4. The number of hydrogen-bond donors (Lipinski definition) is 0. The standard InChI is InChI=1S/C9H16OSi/c1-5-6-9(7-8-10)11(2,3)4/h5,7-8H,1,6H2,2-4H3/b9-7-. The van der Waals surface area contributed by atoms with Crippen LogP contribution in [-0.2, 0) is 4.79 Å². The molecule has 0 rings (SSSR count). The van der Waals surface area contributed by atoms with Gasteiger partial charge in [-0.1, -0.05) is 30.9 Å². The van der Waals surface area contributed by atoms with Crippen LogP contribution in [0, 0.1) is 0 Å². The summed E-state index contributed by atoms with van der Waals surface area (Å²) in [7, 11) is -1.27. The number of hydrogen-bond acceptors (Lipinski definition) is 1. The van der Waals surface area contributed by atoms with Crippen molar-refractivity contribution in [2.24, 2.45) is 0 Å². The molecule has 0 fully saturated rings. The van der Waals surface area contributed by atoms with E-state index in [1.807, 2.05) is 6.08 Å². The van der Waals surface area contributed by atoms with E-state index in [9.17, 15) is 4.79 Å². The summed E-state index contributed by atoms with van der Waals surface area (Å²) in [5.74, 6) is 0. The highest BCUT2D eigenvalue weighted by molar-refractivity contribution is 6.83. The fraction of sp³-hybridized carbons (Fsp3) is 0.444. The number of allylic oxidation sites excluding steroid dienone is 3. The molecule has 62 valence electrons. The second-order valence-electron chi connectivity index (χ2n) is 3.57. The van der Waals surface area contributed by atoms with Crippen molar-refractivity contribution in [3.63, 3.8) is 0 Å². The van der Waals surface area contributed by atoms with Crippen molar-refractivity contribution in [3.05, 3.63) is 23.9 Å². The van der Waals surface area contributed by atoms with E-state index in [1.165, 1.54) is 5.20 Å². The zero-order valence-corrected chi connectivity index (χ0v) is 8.55. The quantitative estimate of drug-likeness (QED) is 0.273. The van der Waals surface area contributed by atoms with Crippen LogP contribution >= 0.6 is 0 Å². The summed E-state index contributed by atoms with van der Waals surface area (Å²) in [5.41, 5.74) is 0. The first kappa shape index (κ1) is 10.4. The highest BCUT2D eigenvalue weighted by Crippen LogP contribution is 2.17. The van der Waals surface area contributed by atoms with Crippen molar-refractivity contribution in [1.29, 1.82) is 0 Å². The fourth-order valence-electron chi connectivity index (χ4n) is 0.862. The second-order valence-corrected chi connectivity index (χ2v) is 8.71. The maximum absolute atomic E-state index is 10.2. The summed E-state index contributed by atoms with van der Waals surface area (Å²) < 4.78 is 0. The predicted molar refractivity (Wildman–Crippen MR) is 52.3 cm³/mol. The van der Waals surface area contributed by atoms with E-state index in [0.29, 0.717) is 0 Å². The van der Waals surface area contributed by atoms with E-state index in [1.54, 1.807) is 6.08 Å². The van der Waals surface area contributed by atoms with Crippen LogP contribution in [0.5, 0.6) is 0 Å². The highest BCUT2D eigenvalue weighted by Gasteiger charge is 2.17. The van der Waals surface area contributed by atoms with Crippen LogP contribution in [0.1, 0.15) is 6.42 Å². The van der Waals surface area contributed by atoms with E-state index in [2.05, 4.69) is 26.2 Å². The Balaban J connectivity index is 4.46. The Bertz CT molecular complexity index is 174. The molecular weight excluding hydrogens is 152 g/mol. The van der Waals surface area contributed by atoms with Gasteiger partial charge in [0, 0.05) is 0 Å². The first-order chi connectivity index (χ1) is 5.02. The molecule has 0 atom stereocenters. The third kappa shape index (κ3) is 3.93. The second kappa shape index (κ2) is 4.29. The minimum atomic E-state index is -1.27. The largest absolute Gasteiger partial charge is 0.299 e. The Labute approximate surface area is 69.8 Å². The summed E-state index contributed by atoms with van der Waals surface area (Å²) in [6.45, 7) is 10.3. The summed E-state index contributed by atoms with van der Waals surface area (Å²) in [5, 5.41) is 1.27. The Kier molecular flexibility index (Phi) is 4.04. The normalized spacial score (nSPS) is 12.8. The molecule has 11 heavy (non-hydrogen) atoms.